The molecule has 7 bridgehead atoms. The molecule has 2 spiro atoms. The summed E-state index contributed by atoms with van der Waals surface area (Å²) in [5.41, 5.74) is -0.0521. The van der Waals surface area contributed by atoms with Gasteiger partial charge in [-0.25, -0.2) is 0 Å². The third-order valence-corrected chi connectivity index (χ3v) is 10.9. The van der Waals surface area contributed by atoms with Crippen molar-refractivity contribution in [2.45, 2.75) is 70.3 Å². The predicted molar refractivity (Wildman–Crippen MR) is 100 cm³/mol. The maximum absolute atomic E-state index is 14.2. The van der Waals surface area contributed by atoms with Crippen LogP contribution >= 0.6 is 0 Å². The van der Waals surface area contributed by atoms with E-state index in [4.69, 9.17) is 0 Å². The van der Waals surface area contributed by atoms with Gasteiger partial charge in [-0.1, -0.05) is 13.5 Å². The molecule has 5 heteroatoms. The average Bonchev–Trinajstić information content (AvgIpc) is 3.17. The standard InChI is InChI=1S/C22H33NO4/c1-4-23(27)10-20(3)6-5-17(25)22-15(20)7-13(18(22)23)21-9-12(11(2)19(21)26)14(24)8-16(21)22/h12-19,24-26H,2,4-10H2,1,3H3/t12-,13-,14-,15+,16+,17-,18?,19+,20-,21-,22+,23-/m0/s1. The Balaban J connectivity index is 1.63. The van der Waals surface area contributed by atoms with Gasteiger partial charge < -0.3 is 25.2 Å². The van der Waals surface area contributed by atoms with E-state index in [9.17, 15) is 20.5 Å². The van der Waals surface area contributed by atoms with Gasteiger partial charge >= 0.3 is 0 Å². The molecule has 27 heavy (non-hydrogen) atoms. The van der Waals surface area contributed by atoms with E-state index in [2.05, 4.69) is 13.5 Å². The highest BCUT2D eigenvalue weighted by Gasteiger charge is 2.88. The third-order valence-electron chi connectivity index (χ3n) is 10.9. The maximum atomic E-state index is 14.2. The molecule has 6 fully saturated rings. The van der Waals surface area contributed by atoms with Crippen LogP contribution in [0.15, 0.2) is 12.2 Å². The number of aliphatic hydroxyl groups is 3. The SMILES string of the molecule is C=C1[C@@H](O)[C@]23C[C@@H]1[C@@H](O)C[C@H]2[C@]12C4[C@@H]3C[C@@H]1[C@@](C)(CC[C@@H]2O)C[N@@+]4([O-])CC. The van der Waals surface area contributed by atoms with E-state index < -0.39 is 23.7 Å². The highest BCUT2D eigenvalue weighted by atomic mass is 16.5. The Hall–Kier alpha value is -0.460. The normalized spacial score (nSPS) is 68.3. The van der Waals surface area contributed by atoms with Gasteiger partial charge in [-0.2, -0.15) is 0 Å². The summed E-state index contributed by atoms with van der Waals surface area (Å²) in [4.78, 5) is 0. The first-order valence-electron chi connectivity index (χ1n) is 11.0. The van der Waals surface area contributed by atoms with E-state index in [1.54, 1.807) is 0 Å². The van der Waals surface area contributed by atoms with Crippen molar-refractivity contribution in [3.8, 4) is 0 Å². The van der Waals surface area contributed by atoms with Crippen LogP contribution in [0.4, 0.5) is 0 Å². The van der Waals surface area contributed by atoms with Crippen molar-refractivity contribution in [1.82, 2.24) is 0 Å². The van der Waals surface area contributed by atoms with Crippen molar-refractivity contribution in [2.24, 2.45) is 39.9 Å². The average molecular weight is 376 g/mol. The molecule has 0 radical (unpaired) electrons. The fraction of sp³-hybridized carbons (Fsp3) is 0.909. The van der Waals surface area contributed by atoms with Crippen LogP contribution < -0.4 is 0 Å². The van der Waals surface area contributed by atoms with Crippen molar-refractivity contribution in [1.29, 1.82) is 0 Å². The lowest BCUT2D eigenvalue weighted by atomic mass is 9.43. The first kappa shape index (κ1) is 17.4. The molecule has 0 aromatic carbocycles. The number of aliphatic hydroxyl groups excluding tert-OH is 3. The highest BCUT2D eigenvalue weighted by molar-refractivity contribution is 5.38. The zero-order valence-electron chi connectivity index (χ0n) is 16.5. The predicted octanol–water partition coefficient (Wildman–Crippen LogP) is 1.80. The van der Waals surface area contributed by atoms with Gasteiger partial charge in [0.1, 0.15) is 6.04 Å². The molecular formula is C22H33NO4. The molecule has 1 aliphatic heterocycles. The smallest absolute Gasteiger partial charge is 0.101 e. The zero-order chi connectivity index (χ0) is 19.1. The topological polar surface area (TPSA) is 83.8 Å². The largest absolute Gasteiger partial charge is 0.633 e. The Labute approximate surface area is 161 Å². The number of nitrogens with zero attached hydrogens (tertiary/aromatic N) is 1. The minimum Gasteiger partial charge on any atom is -0.633 e. The van der Waals surface area contributed by atoms with Crippen LogP contribution in [-0.4, -0.2) is 57.4 Å². The molecule has 1 unspecified atom stereocenters. The van der Waals surface area contributed by atoms with Gasteiger partial charge in [-0.15, -0.1) is 0 Å². The van der Waals surface area contributed by atoms with Crippen molar-refractivity contribution in [2.75, 3.05) is 13.1 Å². The summed E-state index contributed by atoms with van der Waals surface area (Å²) in [5, 5.41) is 48.0. The van der Waals surface area contributed by atoms with Gasteiger partial charge in [0.05, 0.1) is 36.8 Å². The molecule has 5 nitrogen and oxygen atoms in total. The van der Waals surface area contributed by atoms with E-state index in [1.165, 1.54) is 0 Å². The Kier molecular flexibility index (Phi) is 2.99. The van der Waals surface area contributed by atoms with Gasteiger partial charge in [-0.05, 0) is 56.4 Å². The molecule has 6 rings (SSSR count). The molecule has 150 valence electrons. The van der Waals surface area contributed by atoms with Crippen LogP contribution in [0, 0.1) is 45.1 Å². The minimum atomic E-state index is -0.638. The van der Waals surface area contributed by atoms with Crippen LogP contribution in [0.1, 0.15) is 46.0 Å². The summed E-state index contributed by atoms with van der Waals surface area (Å²) >= 11 is 0. The highest BCUT2D eigenvalue weighted by Crippen LogP contribution is 2.84. The van der Waals surface area contributed by atoms with Crippen molar-refractivity contribution in [3.63, 3.8) is 0 Å². The lowest BCUT2D eigenvalue weighted by molar-refractivity contribution is -0.927. The monoisotopic (exact) mass is 375 g/mol. The van der Waals surface area contributed by atoms with Gasteiger partial charge in [0.2, 0.25) is 0 Å². The van der Waals surface area contributed by atoms with Gasteiger partial charge in [0.25, 0.3) is 0 Å². The third kappa shape index (κ3) is 1.49. The molecular weight excluding hydrogens is 342 g/mol. The molecule has 3 N–H and O–H groups in total. The molecule has 0 aromatic rings. The summed E-state index contributed by atoms with van der Waals surface area (Å²) in [6.45, 7) is 9.62. The van der Waals surface area contributed by atoms with Crippen LogP contribution in [0.3, 0.4) is 0 Å². The Morgan fingerprint density at radius 3 is 2.67 bits per heavy atom. The summed E-state index contributed by atoms with van der Waals surface area (Å²) in [7, 11) is 0. The van der Waals surface area contributed by atoms with Crippen LogP contribution in [0.2, 0.25) is 0 Å². The molecule has 1 heterocycles. The molecule has 5 aliphatic carbocycles. The fourth-order valence-electron chi connectivity index (χ4n) is 10.3. The molecule has 5 saturated carbocycles. The van der Waals surface area contributed by atoms with Crippen molar-refractivity contribution < 1.29 is 20.0 Å². The quantitative estimate of drug-likeness (QED) is 0.371. The Bertz CT molecular complexity index is 742. The van der Waals surface area contributed by atoms with Gasteiger partial charge in [-0.3, -0.25) is 0 Å². The van der Waals surface area contributed by atoms with Crippen molar-refractivity contribution >= 4 is 0 Å². The summed E-state index contributed by atoms with van der Waals surface area (Å²) in [6, 6.07) is -0.132. The number of quaternary nitrogens is 1. The molecule has 6 aliphatic rings. The summed E-state index contributed by atoms with van der Waals surface area (Å²) in [5.74, 6) is 0.473. The number of hydrogen-bond acceptors (Lipinski definition) is 4. The summed E-state index contributed by atoms with van der Waals surface area (Å²) < 4.78 is -0.215. The van der Waals surface area contributed by atoms with Crippen LogP contribution in [0.5, 0.6) is 0 Å². The number of fused-ring (bicyclic) bond motifs is 1. The van der Waals surface area contributed by atoms with E-state index in [1.807, 2.05) is 6.92 Å². The van der Waals surface area contributed by atoms with E-state index in [-0.39, 0.29) is 39.3 Å². The van der Waals surface area contributed by atoms with Crippen molar-refractivity contribution in [3.05, 3.63) is 17.4 Å². The van der Waals surface area contributed by atoms with E-state index in [0.717, 1.165) is 31.3 Å². The number of rotatable bonds is 1. The van der Waals surface area contributed by atoms with E-state index in [0.29, 0.717) is 25.4 Å². The lowest BCUT2D eigenvalue weighted by Crippen LogP contribution is -2.73. The molecule has 12 atom stereocenters. The van der Waals surface area contributed by atoms with E-state index >= 15 is 0 Å². The minimum absolute atomic E-state index is 0.0344. The van der Waals surface area contributed by atoms with Crippen LogP contribution in [-0.2, 0) is 0 Å². The second-order valence-electron chi connectivity index (χ2n) is 11.2. The maximum Gasteiger partial charge on any atom is 0.101 e. The fourth-order valence-corrected chi connectivity index (χ4v) is 10.3. The Morgan fingerprint density at radius 2 is 1.96 bits per heavy atom. The first-order chi connectivity index (χ1) is 12.7. The number of hydroxylamine groups is 3. The van der Waals surface area contributed by atoms with Gasteiger partial charge in [0, 0.05) is 22.7 Å². The number of likely N-dealkylation sites (tertiary alicyclic amines) is 1. The summed E-state index contributed by atoms with van der Waals surface area (Å²) in [6.07, 6.45) is 2.37. The lowest BCUT2D eigenvalue weighted by Gasteiger charge is -2.68. The zero-order valence-corrected chi connectivity index (χ0v) is 16.5. The number of piperidine rings is 1. The van der Waals surface area contributed by atoms with Gasteiger partial charge in [0.15, 0.2) is 0 Å². The second kappa shape index (κ2) is 4.65. The van der Waals surface area contributed by atoms with Crippen LogP contribution in [0.25, 0.3) is 0 Å². The molecule has 0 aromatic heterocycles. The Morgan fingerprint density at radius 1 is 1.22 bits per heavy atom. The molecule has 0 amide bonds. The second-order valence-corrected chi connectivity index (χ2v) is 11.2. The first-order valence-corrected chi connectivity index (χ1v) is 11.0. The number of hydrogen-bond donors (Lipinski definition) is 3. The molecule has 1 saturated heterocycles.